The lowest BCUT2D eigenvalue weighted by Crippen LogP contribution is -2.35. The molecule has 0 aliphatic rings. The molecule has 9 nitrogen and oxygen atoms in total. The number of hydrogen-bond acceptors (Lipinski definition) is 8. The van der Waals surface area contributed by atoms with Crippen LogP contribution in [0.5, 0.6) is 0 Å². The van der Waals surface area contributed by atoms with Gasteiger partial charge >= 0.3 is 18.0 Å². The van der Waals surface area contributed by atoms with E-state index in [1.165, 1.54) is 128 Å². The number of nitrogens with one attached hydrogen (secondary N) is 1. The Hall–Kier alpha value is -1.87. The number of amides is 1. The molecule has 0 spiro atoms. The van der Waals surface area contributed by atoms with Crippen molar-refractivity contribution in [1.82, 2.24) is 5.32 Å². The van der Waals surface area contributed by atoms with E-state index in [-0.39, 0.29) is 37.3 Å². The summed E-state index contributed by atoms with van der Waals surface area (Å²) in [5, 5.41) is 2.77. The van der Waals surface area contributed by atoms with Crippen molar-refractivity contribution in [3.63, 3.8) is 0 Å². The Kier molecular flexibility index (Phi) is 38.9. The third-order valence-electron chi connectivity index (χ3n) is 12.1. The van der Waals surface area contributed by atoms with Crippen LogP contribution in [-0.4, -0.2) is 68.8 Å². The lowest BCUT2D eigenvalue weighted by Gasteiger charge is -2.32. The molecule has 0 aliphatic carbocycles. The number of hydrogen-bond donors (Lipinski definition) is 1. The molecular formula is C50H97NO8. The number of unbranched alkanes of at least 4 members (excludes halogenated alkanes) is 24. The van der Waals surface area contributed by atoms with Gasteiger partial charge in [0.2, 0.25) is 0 Å². The van der Waals surface area contributed by atoms with Gasteiger partial charge in [-0.1, -0.05) is 182 Å². The SMILES string of the molecule is CCCCCCCCCCCCCCCC(=O)OCC(CCNC(=O)OCCC(C)(C)OCCC(CC)(CC)OC)OC(=O)CCCCCCCCCCCCCCC. The van der Waals surface area contributed by atoms with Crippen LogP contribution in [0.25, 0.3) is 0 Å². The molecule has 0 aliphatic heterocycles. The van der Waals surface area contributed by atoms with Crippen LogP contribution in [0.1, 0.15) is 253 Å². The smallest absolute Gasteiger partial charge is 0.407 e. The molecule has 0 aromatic heterocycles. The molecule has 0 radical (unpaired) electrons. The summed E-state index contributed by atoms with van der Waals surface area (Å²) in [5.41, 5.74) is -0.625. The zero-order chi connectivity index (χ0) is 43.7. The van der Waals surface area contributed by atoms with Gasteiger partial charge in [-0.15, -0.1) is 0 Å². The van der Waals surface area contributed by atoms with E-state index in [2.05, 4.69) is 33.0 Å². The van der Waals surface area contributed by atoms with Crippen LogP contribution in [0.15, 0.2) is 0 Å². The lowest BCUT2D eigenvalue weighted by atomic mass is 9.93. The van der Waals surface area contributed by atoms with Gasteiger partial charge in [0.25, 0.3) is 0 Å². The van der Waals surface area contributed by atoms with E-state index in [0.717, 1.165) is 57.8 Å². The Bertz CT molecular complexity index is 960. The number of carbonyl (C=O) groups is 3. The molecule has 1 unspecified atom stereocenters. The van der Waals surface area contributed by atoms with Crippen molar-refractivity contribution in [2.24, 2.45) is 0 Å². The summed E-state index contributed by atoms with van der Waals surface area (Å²) in [7, 11) is 1.76. The molecule has 1 atom stereocenters. The minimum absolute atomic E-state index is 0.00963. The Morgan fingerprint density at radius 1 is 0.525 bits per heavy atom. The average Bonchev–Trinajstić information content (AvgIpc) is 3.22. The molecule has 59 heavy (non-hydrogen) atoms. The molecular weight excluding hydrogens is 743 g/mol. The first-order valence-corrected chi connectivity index (χ1v) is 25.0. The number of alkyl carbamates (subject to hydrolysis) is 1. The molecule has 0 saturated carbocycles. The topological polar surface area (TPSA) is 109 Å². The fraction of sp³-hybridized carbons (Fsp3) is 0.940. The van der Waals surface area contributed by atoms with Crippen molar-refractivity contribution >= 4 is 18.0 Å². The van der Waals surface area contributed by atoms with Crippen LogP contribution in [0.4, 0.5) is 4.79 Å². The van der Waals surface area contributed by atoms with Crippen molar-refractivity contribution in [1.29, 1.82) is 0 Å². The summed E-state index contributed by atoms with van der Waals surface area (Å²) < 4.78 is 28.7. The maximum Gasteiger partial charge on any atom is 0.407 e. The third-order valence-corrected chi connectivity index (χ3v) is 12.1. The second-order valence-corrected chi connectivity index (χ2v) is 17.8. The molecule has 0 aromatic rings. The Balaban J connectivity index is 4.57. The van der Waals surface area contributed by atoms with Crippen LogP contribution in [0.3, 0.4) is 0 Å². The third kappa shape index (κ3) is 36.5. The van der Waals surface area contributed by atoms with Gasteiger partial charge < -0.3 is 29.0 Å². The quantitative estimate of drug-likeness (QED) is 0.0367. The zero-order valence-electron chi connectivity index (χ0n) is 40.0. The van der Waals surface area contributed by atoms with E-state index in [1.807, 2.05) is 13.8 Å². The molecule has 350 valence electrons. The molecule has 9 heteroatoms. The first-order valence-electron chi connectivity index (χ1n) is 25.0. The van der Waals surface area contributed by atoms with Gasteiger partial charge in [0, 0.05) is 39.3 Å². The molecule has 1 N–H and O–H groups in total. The van der Waals surface area contributed by atoms with Crippen LogP contribution in [0.2, 0.25) is 0 Å². The van der Waals surface area contributed by atoms with Gasteiger partial charge in [0.1, 0.15) is 12.7 Å². The average molecular weight is 840 g/mol. The zero-order valence-corrected chi connectivity index (χ0v) is 40.0. The van der Waals surface area contributed by atoms with Crippen molar-refractivity contribution in [3.8, 4) is 0 Å². The van der Waals surface area contributed by atoms with E-state index in [1.54, 1.807) is 7.11 Å². The van der Waals surface area contributed by atoms with Crippen molar-refractivity contribution in [2.45, 2.75) is 271 Å². The van der Waals surface area contributed by atoms with Gasteiger partial charge in [0.05, 0.1) is 24.4 Å². The fourth-order valence-electron chi connectivity index (χ4n) is 7.61. The van der Waals surface area contributed by atoms with E-state index >= 15 is 0 Å². The molecule has 0 fully saturated rings. The predicted octanol–water partition coefficient (Wildman–Crippen LogP) is 14.3. The molecule has 0 aromatic carbocycles. The van der Waals surface area contributed by atoms with Crippen LogP contribution < -0.4 is 5.32 Å². The highest BCUT2D eigenvalue weighted by atomic mass is 16.6. The fourth-order valence-corrected chi connectivity index (χ4v) is 7.61. The minimum atomic E-state index is -0.627. The maximum atomic E-state index is 12.8. The van der Waals surface area contributed by atoms with Crippen LogP contribution in [-0.2, 0) is 33.3 Å². The predicted molar refractivity (Wildman–Crippen MR) is 245 cm³/mol. The van der Waals surface area contributed by atoms with Crippen LogP contribution in [0, 0.1) is 0 Å². The second kappa shape index (κ2) is 40.2. The number of methoxy groups -OCH3 is 1. The summed E-state index contributed by atoms with van der Waals surface area (Å²) in [6.07, 6.45) is 35.5. The van der Waals surface area contributed by atoms with E-state index in [0.29, 0.717) is 32.3 Å². The molecule has 0 bridgehead atoms. The van der Waals surface area contributed by atoms with Gasteiger partial charge in [-0.3, -0.25) is 9.59 Å². The standard InChI is InChI=1S/C50H97NO8/c1-8-12-14-16-18-20-22-24-26-28-30-32-34-36-46(52)57-44-45(59-47(53)37-35-33-31-29-27-25-23-21-19-17-15-13-9-2)38-41-51-48(54)56-42-39-49(5,6)58-43-40-50(10-3,11-4)55-7/h45H,8-44H2,1-7H3,(H,51,54). The number of ether oxygens (including phenoxy) is 5. The highest BCUT2D eigenvalue weighted by Crippen LogP contribution is 2.26. The summed E-state index contributed by atoms with van der Waals surface area (Å²) in [5.74, 6) is -0.545. The number of rotatable bonds is 44. The summed E-state index contributed by atoms with van der Waals surface area (Å²) in [4.78, 5) is 38.0. The first-order chi connectivity index (χ1) is 28.6. The van der Waals surface area contributed by atoms with Gasteiger partial charge in [-0.05, 0) is 46.0 Å². The van der Waals surface area contributed by atoms with Crippen molar-refractivity contribution in [2.75, 3.05) is 33.5 Å². The lowest BCUT2D eigenvalue weighted by molar-refractivity contribution is -0.159. The highest BCUT2D eigenvalue weighted by Gasteiger charge is 2.27. The number of esters is 2. The van der Waals surface area contributed by atoms with Crippen molar-refractivity contribution in [3.05, 3.63) is 0 Å². The van der Waals surface area contributed by atoms with E-state index in [9.17, 15) is 14.4 Å². The summed E-state index contributed by atoms with van der Waals surface area (Å²) >= 11 is 0. The summed E-state index contributed by atoms with van der Waals surface area (Å²) in [6, 6.07) is 0. The Morgan fingerprint density at radius 3 is 1.37 bits per heavy atom. The van der Waals surface area contributed by atoms with Gasteiger partial charge in [0.15, 0.2) is 0 Å². The minimum Gasteiger partial charge on any atom is -0.462 e. The Morgan fingerprint density at radius 2 is 0.949 bits per heavy atom. The summed E-state index contributed by atoms with van der Waals surface area (Å²) in [6.45, 7) is 13.8. The Labute approximate surface area is 364 Å². The molecule has 1 amide bonds. The van der Waals surface area contributed by atoms with Gasteiger partial charge in [-0.2, -0.15) is 0 Å². The van der Waals surface area contributed by atoms with E-state index < -0.39 is 17.8 Å². The normalized spacial score (nSPS) is 12.4. The van der Waals surface area contributed by atoms with E-state index in [4.69, 9.17) is 23.7 Å². The molecule has 0 heterocycles. The molecule has 0 saturated heterocycles. The van der Waals surface area contributed by atoms with Gasteiger partial charge in [-0.25, -0.2) is 4.79 Å². The number of carbonyl (C=O) groups excluding carboxylic acids is 3. The largest absolute Gasteiger partial charge is 0.462 e. The first kappa shape index (κ1) is 57.1. The van der Waals surface area contributed by atoms with Crippen molar-refractivity contribution < 1.29 is 38.1 Å². The monoisotopic (exact) mass is 840 g/mol. The second-order valence-electron chi connectivity index (χ2n) is 17.8. The maximum absolute atomic E-state index is 12.8. The van der Waals surface area contributed by atoms with Crippen LogP contribution >= 0.6 is 0 Å². The highest BCUT2D eigenvalue weighted by molar-refractivity contribution is 5.70. The molecule has 0 rings (SSSR count).